The van der Waals surface area contributed by atoms with Crippen LogP contribution in [0.2, 0.25) is 0 Å². The monoisotopic (exact) mass is 1200 g/mol. The molecule has 0 spiro atoms. The van der Waals surface area contributed by atoms with Crippen molar-refractivity contribution in [3.05, 3.63) is 182 Å². The molecule has 12 heteroatoms. The Balaban J connectivity index is 1.57. The van der Waals surface area contributed by atoms with Gasteiger partial charge in [-0.1, -0.05) is 153 Å². The molecular weight excluding hydrogens is 1130 g/mol. The van der Waals surface area contributed by atoms with Crippen molar-refractivity contribution in [3.8, 4) is 34.5 Å². The molecule has 0 amide bonds. The number of unbranched alkanes of at least 4 members (excludes halogenated alkanes) is 6. The molecule has 7 aromatic carbocycles. The van der Waals surface area contributed by atoms with E-state index in [1.54, 1.807) is 109 Å². The Morgan fingerprint density at radius 2 is 0.322 bits per heavy atom. The van der Waals surface area contributed by atoms with E-state index in [2.05, 4.69) is 72.8 Å². The third kappa shape index (κ3) is 23.3. The number of benzene rings is 6. The second kappa shape index (κ2) is 35.3. The zero-order chi connectivity index (χ0) is 64.0. The Bertz CT molecular complexity index is 3190. The van der Waals surface area contributed by atoms with Gasteiger partial charge in [-0.25, -0.2) is 0 Å². The molecule has 0 aliphatic rings. The summed E-state index contributed by atoms with van der Waals surface area (Å²) in [4.78, 5) is 78.5. The van der Waals surface area contributed by atoms with Gasteiger partial charge in [0.15, 0.2) is 0 Å². The minimum Gasteiger partial charge on any atom is -0.426 e. The Kier molecular flexibility index (Phi) is 26.3. The summed E-state index contributed by atoms with van der Waals surface area (Å²) in [5, 5.41) is 5.33. The van der Waals surface area contributed by atoms with Gasteiger partial charge < -0.3 is 28.4 Å². The van der Waals surface area contributed by atoms with Gasteiger partial charge in [0.1, 0.15) is 34.5 Å². The van der Waals surface area contributed by atoms with E-state index in [0.29, 0.717) is 103 Å². The molecule has 90 heavy (non-hydrogen) atoms. The van der Waals surface area contributed by atoms with Crippen LogP contribution in [0.1, 0.15) is 157 Å². The van der Waals surface area contributed by atoms with Gasteiger partial charge in [-0.15, -0.1) is 0 Å². The van der Waals surface area contributed by atoms with Gasteiger partial charge in [0.2, 0.25) is 0 Å². The van der Waals surface area contributed by atoms with Crippen LogP contribution in [0, 0.1) is 72.8 Å². The summed E-state index contributed by atoms with van der Waals surface area (Å²) in [6.07, 6.45) is 9.78. The van der Waals surface area contributed by atoms with Crippen molar-refractivity contribution in [2.45, 2.75) is 157 Å². The quantitative estimate of drug-likeness (QED) is 0.0417. The van der Waals surface area contributed by atoms with Crippen molar-refractivity contribution in [3.63, 3.8) is 0 Å². The van der Waals surface area contributed by atoms with Crippen LogP contribution in [0.25, 0.3) is 64.6 Å². The lowest BCUT2D eigenvalue weighted by Gasteiger charge is -2.04. The topological polar surface area (TPSA) is 158 Å². The van der Waals surface area contributed by atoms with Crippen LogP contribution in [0.15, 0.2) is 109 Å². The van der Waals surface area contributed by atoms with E-state index in [-0.39, 0.29) is 73.0 Å². The minimum absolute atomic E-state index is 0.203. The molecule has 7 aromatic rings. The zero-order valence-corrected chi connectivity index (χ0v) is 52.0. The normalized spacial score (nSPS) is 10.2. The van der Waals surface area contributed by atoms with Gasteiger partial charge in [0.25, 0.3) is 0 Å². The first kappa shape index (κ1) is 67.0. The minimum atomic E-state index is -0.421. The van der Waals surface area contributed by atoms with Gasteiger partial charge >= 0.3 is 35.8 Å². The molecular formula is C78H72O12. The molecule has 0 heterocycles. The van der Waals surface area contributed by atoms with Crippen molar-refractivity contribution in [1.29, 1.82) is 0 Å². The molecule has 0 aliphatic heterocycles. The smallest absolute Gasteiger partial charge is 0.311 e. The molecule has 0 radical (unpaired) electrons. The predicted molar refractivity (Wildman–Crippen MR) is 348 cm³/mol. The second-order valence-corrected chi connectivity index (χ2v) is 21.4. The largest absolute Gasteiger partial charge is 0.426 e. The summed E-state index contributed by atoms with van der Waals surface area (Å²) < 4.78 is 35.1. The summed E-state index contributed by atoms with van der Waals surface area (Å²) in [6, 6.07) is 68.5. The molecule has 456 valence electrons. The number of carbonyl (C=O) groups excluding carboxylic acids is 6. The lowest BCUT2D eigenvalue weighted by molar-refractivity contribution is -0.135. The maximum atomic E-state index is 13.1. The Morgan fingerprint density at radius 1 is 0.211 bits per heavy atom. The maximum Gasteiger partial charge on any atom is 0.311 e. The average molecular weight is 1200 g/mol. The van der Waals surface area contributed by atoms with Gasteiger partial charge in [-0.05, 0) is 148 Å². The van der Waals surface area contributed by atoms with E-state index in [0.717, 1.165) is 38.5 Å². The number of esters is 6. The van der Waals surface area contributed by atoms with Crippen molar-refractivity contribution in [2.24, 2.45) is 0 Å². The van der Waals surface area contributed by atoms with E-state index in [1.165, 1.54) is 0 Å². The lowest BCUT2D eigenvalue weighted by Crippen LogP contribution is -2.07. The number of carbonyl (C=O) groups is 6. The SMILES string of the molecule is CCCCC(=O)Oc1cc2c#cc3cc(OC(=O)CCCC)cc(c#cc4cc(OC(=O)CCCC)cc(c#cc5cc(OC(=O)CCCC)cc(c#cc6cc(OC(=O)CCCC)cc(c#cc7cc(OC(=O)CCCC)cc(c#cc(c1)c2)c7)c6)c5)c4)c3. The first-order valence-corrected chi connectivity index (χ1v) is 30.9. The molecule has 12 bridgehead atoms. The molecule has 0 atom stereocenters. The maximum absolute atomic E-state index is 13.1. The highest BCUT2D eigenvalue weighted by molar-refractivity contribution is 5.81. The zero-order valence-electron chi connectivity index (χ0n) is 52.0. The van der Waals surface area contributed by atoms with Crippen LogP contribution in [-0.4, -0.2) is 35.8 Å². The van der Waals surface area contributed by atoms with Crippen LogP contribution >= 0.6 is 0 Å². The van der Waals surface area contributed by atoms with Crippen molar-refractivity contribution >= 4 is 100 Å². The molecule has 0 fully saturated rings. The predicted octanol–water partition coefficient (Wildman–Crippen LogP) is 17.8. The van der Waals surface area contributed by atoms with Crippen LogP contribution in [0.5, 0.6) is 34.5 Å². The highest BCUT2D eigenvalue weighted by Gasteiger charge is 2.11. The highest BCUT2D eigenvalue weighted by atomic mass is 16.6. The summed E-state index contributed by atoms with van der Waals surface area (Å²) in [6.45, 7) is 11.9. The summed E-state index contributed by atoms with van der Waals surface area (Å²) in [7, 11) is 0. The first-order valence-electron chi connectivity index (χ1n) is 30.9. The van der Waals surface area contributed by atoms with E-state index >= 15 is 0 Å². The van der Waals surface area contributed by atoms with Crippen molar-refractivity contribution in [2.75, 3.05) is 0 Å². The molecule has 0 saturated heterocycles. The first-order chi connectivity index (χ1) is 43.7. The molecule has 0 unspecified atom stereocenters. The molecule has 0 N–H and O–H groups in total. The molecule has 0 aromatic heterocycles. The number of hydrogen-bond acceptors (Lipinski definition) is 12. The molecule has 0 saturated carbocycles. The second-order valence-electron chi connectivity index (χ2n) is 21.4. The number of hydrogen-bond donors (Lipinski definition) is 0. The van der Waals surface area contributed by atoms with E-state index in [4.69, 9.17) is 28.4 Å². The Hall–Kier alpha value is -10.5. The fraction of sp³-hybridized carbons (Fsp3) is 0.308. The van der Waals surface area contributed by atoms with Crippen LogP contribution in [-0.2, 0) is 28.8 Å². The fourth-order valence-electron chi connectivity index (χ4n) is 8.70. The van der Waals surface area contributed by atoms with Gasteiger partial charge in [0.05, 0.1) is 0 Å². The van der Waals surface area contributed by atoms with Crippen LogP contribution < -0.4 is 28.4 Å². The summed E-state index contributed by atoms with van der Waals surface area (Å²) in [5.74, 6) is -1.20. The summed E-state index contributed by atoms with van der Waals surface area (Å²) >= 11 is 0. The molecule has 7 rings (SSSR count). The average Bonchev–Trinajstić information content (AvgIpc) is 1.67. The van der Waals surface area contributed by atoms with Gasteiger partial charge in [0, 0.05) is 103 Å². The number of fused-ring (bicyclic) bond motifs is 12. The third-order valence-corrected chi connectivity index (χ3v) is 13.3. The standard InChI is InChI=1S/C78H72O12/c1-7-13-19-73(79)85-67-43-55-25-27-57-38-59(47-68(45-57)86-74(80)20-14-8-2)29-31-61-40-63(51-70(49-61)88-76(82)22-16-10-4)33-35-65-42-66(54-72(53-65)90-78(84)24-18-12-6)36-34-64-41-62(50-71(52-64)89-77(83)23-17-11-5)32-30-60-39-58(28-26-56(37-55)44-67)46-69(48-60)87-75(81)21-15-9-3/h37-54H,7-24H2,1-6H3. The molecule has 0 aliphatic carbocycles. The lowest BCUT2D eigenvalue weighted by atomic mass is 10.1. The fourth-order valence-corrected chi connectivity index (χ4v) is 8.70. The number of rotatable bonds is 24. The van der Waals surface area contributed by atoms with Gasteiger partial charge in [-0.3, -0.25) is 28.8 Å². The third-order valence-electron chi connectivity index (χ3n) is 13.3. The van der Waals surface area contributed by atoms with E-state index in [9.17, 15) is 28.8 Å². The van der Waals surface area contributed by atoms with E-state index < -0.39 is 35.8 Å². The Morgan fingerprint density at radius 3 is 0.422 bits per heavy atom. The summed E-state index contributed by atoms with van der Waals surface area (Å²) in [5.41, 5.74) is 0. The van der Waals surface area contributed by atoms with Crippen LogP contribution in [0.3, 0.4) is 0 Å². The highest BCUT2D eigenvalue weighted by Crippen LogP contribution is 2.25. The van der Waals surface area contributed by atoms with E-state index in [1.807, 2.05) is 41.5 Å². The Labute approximate surface area is 528 Å². The van der Waals surface area contributed by atoms with Gasteiger partial charge in [-0.2, -0.15) is 0 Å². The molecule has 12 nitrogen and oxygen atoms in total. The van der Waals surface area contributed by atoms with Crippen molar-refractivity contribution < 1.29 is 57.2 Å². The number of ether oxygens (including phenoxy) is 6. The van der Waals surface area contributed by atoms with Crippen molar-refractivity contribution in [1.82, 2.24) is 0 Å². The van der Waals surface area contributed by atoms with Crippen LogP contribution in [0.4, 0.5) is 0 Å².